The van der Waals surface area contributed by atoms with Crippen molar-refractivity contribution in [2.75, 3.05) is 30.5 Å². The standard InChI is InChI=1S/C22H23N3O2/c1-27-15-14-23-21-13-12-19(16-24-21)22(26)25(20-10-6-3-7-11-20)17-18-8-4-2-5-9-18/h2-13,16H,14-15,17H2,1H3,(H,23,24). The van der Waals surface area contributed by atoms with Gasteiger partial charge in [0.25, 0.3) is 5.91 Å². The predicted octanol–water partition coefficient (Wildman–Crippen LogP) is 3.99. The SMILES string of the molecule is COCCNc1ccc(C(=O)N(Cc2ccccc2)c2ccccc2)cn1. The molecule has 0 unspecified atom stereocenters. The van der Waals surface area contributed by atoms with Gasteiger partial charge in [0.05, 0.1) is 18.7 Å². The summed E-state index contributed by atoms with van der Waals surface area (Å²) in [5, 5.41) is 3.15. The van der Waals surface area contributed by atoms with Gasteiger partial charge in [-0.2, -0.15) is 0 Å². The molecule has 27 heavy (non-hydrogen) atoms. The Labute approximate surface area is 159 Å². The van der Waals surface area contributed by atoms with E-state index in [1.165, 1.54) is 0 Å². The smallest absolute Gasteiger partial charge is 0.260 e. The molecule has 0 aliphatic carbocycles. The lowest BCUT2D eigenvalue weighted by Gasteiger charge is -2.23. The van der Waals surface area contributed by atoms with Crippen molar-refractivity contribution in [3.8, 4) is 0 Å². The van der Waals surface area contributed by atoms with E-state index in [1.54, 1.807) is 24.3 Å². The molecule has 0 fully saturated rings. The van der Waals surface area contributed by atoms with Crippen molar-refractivity contribution in [2.24, 2.45) is 0 Å². The average molecular weight is 361 g/mol. The number of hydrogen-bond acceptors (Lipinski definition) is 4. The van der Waals surface area contributed by atoms with Crippen LogP contribution in [0.1, 0.15) is 15.9 Å². The van der Waals surface area contributed by atoms with E-state index in [2.05, 4.69) is 10.3 Å². The number of rotatable bonds is 8. The Hall–Kier alpha value is -3.18. The van der Waals surface area contributed by atoms with Gasteiger partial charge in [-0.15, -0.1) is 0 Å². The molecule has 0 saturated carbocycles. The zero-order chi connectivity index (χ0) is 18.9. The van der Waals surface area contributed by atoms with Crippen LogP contribution in [0.2, 0.25) is 0 Å². The van der Waals surface area contributed by atoms with Crippen LogP contribution in [0.3, 0.4) is 0 Å². The van der Waals surface area contributed by atoms with Gasteiger partial charge in [0.2, 0.25) is 0 Å². The monoisotopic (exact) mass is 361 g/mol. The molecule has 1 aromatic heterocycles. The minimum Gasteiger partial charge on any atom is -0.383 e. The zero-order valence-corrected chi connectivity index (χ0v) is 15.3. The van der Waals surface area contributed by atoms with Gasteiger partial charge >= 0.3 is 0 Å². The number of para-hydroxylation sites is 1. The van der Waals surface area contributed by atoms with Gasteiger partial charge in [-0.25, -0.2) is 4.98 Å². The van der Waals surface area contributed by atoms with Gasteiger partial charge in [0.15, 0.2) is 0 Å². The maximum absolute atomic E-state index is 13.2. The minimum absolute atomic E-state index is 0.0824. The highest BCUT2D eigenvalue weighted by atomic mass is 16.5. The molecule has 138 valence electrons. The highest BCUT2D eigenvalue weighted by Crippen LogP contribution is 2.20. The van der Waals surface area contributed by atoms with Gasteiger partial charge in [-0.1, -0.05) is 48.5 Å². The summed E-state index contributed by atoms with van der Waals surface area (Å²) in [5.41, 5.74) is 2.47. The van der Waals surface area contributed by atoms with Gasteiger partial charge in [-0.3, -0.25) is 4.79 Å². The van der Waals surface area contributed by atoms with E-state index in [-0.39, 0.29) is 5.91 Å². The molecule has 0 aliphatic heterocycles. The van der Waals surface area contributed by atoms with Gasteiger partial charge in [0, 0.05) is 25.5 Å². The van der Waals surface area contributed by atoms with Crippen LogP contribution in [0.4, 0.5) is 11.5 Å². The number of ether oxygens (including phenoxy) is 1. The number of nitrogens with one attached hydrogen (secondary N) is 1. The van der Waals surface area contributed by atoms with Gasteiger partial charge in [-0.05, 0) is 29.8 Å². The summed E-state index contributed by atoms with van der Waals surface area (Å²) in [6, 6.07) is 23.3. The van der Waals surface area contributed by atoms with E-state index >= 15 is 0 Å². The molecule has 1 heterocycles. The highest BCUT2D eigenvalue weighted by molar-refractivity contribution is 6.05. The zero-order valence-electron chi connectivity index (χ0n) is 15.3. The summed E-state index contributed by atoms with van der Waals surface area (Å²) < 4.78 is 5.01. The fraction of sp³-hybridized carbons (Fsp3) is 0.182. The number of benzene rings is 2. The first-order chi connectivity index (χ1) is 13.3. The molecule has 0 atom stereocenters. The number of aromatic nitrogens is 1. The third kappa shape index (κ3) is 5.15. The van der Waals surface area contributed by atoms with E-state index in [4.69, 9.17) is 4.74 Å². The van der Waals surface area contributed by atoms with Crippen LogP contribution in [0.15, 0.2) is 79.0 Å². The van der Waals surface area contributed by atoms with Gasteiger partial charge < -0.3 is 15.0 Å². The van der Waals surface area contributed by atoms with Gasteiger partial charge in [0.1, 0.15) is 5.82 Å². The van der Waals surface area contributed by atoms with E-state index in [0.29, 0.717) is 25.3 Å². The van der Waals surface area contributed by atoms with Crippen molar-refractivity contribution in [3.05, 3.63) is 90.1 Å². The fourth-order valence-electron chi connectivity index (χ4n) is 2.72. The third-order valence-electron chi connectivity index (χ3n) is 4.12. The Morgan fingerprint density at radius 2 is 1.70 bits per heavy atom. The van der Waals surface area contributed by atoms with Crippen molar-refractivity contribution >= 4 is 17.4 Å². The highest BCUT2D eigenvalue weighted by Gasteiger charge is 2.18. The maximum Gasteiger partial charge on any atom is 0.260 e. The lowest BCUT2D eigenvalue weighted by molar-refractivity contribution is 0.0985. The number of amides is 1. The Kier molecular flexibility index (Phi) is 6.55. The largest absolute Gasteiger partial charge is 0.383 e. The molecule has 1 N–H and O–H groups in total. The summed E-state index contributed by atoms with van der Waals surface area (Å²) in [7, 11) is 1.65. The molecule has 1 amide bonds. The molecule has 3 aromatic rings. The van der Waals surface area contributed by atoms with Crippen molar-refractivity contribution in [1.29, 1.82) is 0 Å². The van der Waals surface area contributed by atoms with Crippen LogP contribution in [-0.4, -0.2) is 31.2 Å². The number of methoxy groups -OCH3 is 1. The summed E-state index contributed by atoms with van der Waals surface area (Å²) >= 11 is 0. The van der Waals surface area contributed by atoms with E-state index in [1.807, 2.05) is 66.7 Å². The van der Waals surface area contributed by atoms with Crippen LogP contribution in [0.25, 0.3) is 0 Å². The molecule has 0 aliphatic rings. The first kappa shape index (κ1) is 18.6. The fourth-order valence-corrected chi connectivity index (χ4v) is 2.72. The number of hydrogen-bond donors (Lipinski definition) is 1. The first-order valence-corrected chi connectivity index (χ1v) is 8.87. The number of nitrogens with zero attached hydrogens (tertiary/aromatic N) is 2. The molecule has 0 saturated heterocycles. The Morgan fingerprint density at radius 3 is 2.33 bits per heavy atom. The second kappa shape index (κ2) is 9.50. The molecule has 5 heteroatoms. The summed E-state index contributed by atoms with van der Waals surface area (Å²) in [6.07, 6.45) is 1.61. The number of pyridine rings is 1. The lowest BCUT2D eigenvalue weighted by atomic mass is 10.1. The molecule has 0 spiro atoms. The van der Waals surface area contributed by atoms with E-state index in [0.717, 1.165) is 17.1 Å². The second-order valence-electron chi connectivity index (χ2n) is 6.06. The van der Waals surface area contributed by atoms with Crippen molar-refractivity contribution in [3.63, 3.8) is 0 Å². The number of carbonyl (C=O) groups is 1. The van der Waals surface area contributed by atoms with Crippen LogP contribution in [0.5, 0.6) is 0 Å². The molecule has 2 aromatic carbocycles. The Morgan fingerprint density at radius 1 is 1.00 bits per heavy atom. The summed E-state index contributed by atoms with van der Waals surface area (Å²) in [6.45, 7) is 1.76. The van der Waals surface area contributed by atoms with Crippen molar-refractivity contribution < 1.29 is 9.53 Å². The minimum atomic E-state index is -0.0824. The Bertz CT molecular complexity index is 836. The van der Waals surface area contributed by atoms with Crippen molar-refractivity contribution in [1.82, 2.24) is 4.98 Å². The quantitative estimate of drug-likeness (QED) is 0.617. The van der Waals surface area contributed by atoms with Crippen molar-refractivity contribution in [2.45, 2.75) is 6.54 Å². The number of anilines is 2. The molecule has 0 radical (unpaired) electrons. The first-order valence-electron chi connectivity index (χ1n) is 8.87. The molecule has 5 nitrogen and oxygen atoms in total. The van der Waals surface area contributed by atoms with Crippen LogP contribution in [0, 0.1) is 0 Å². The maximum atomic E-state index is 13.2. The third-order valence-corrected chi connectivity index (χ3v) is 4.12. The van der Waals surface area contributed by atoms with Crippen LogP contribution >= 0.6 is 0 Å². The summed E-state index contributed by atoms with van der Waals surface area (Å²) in [5.74, 6) is 0.638. The topological polar surface area (TPSA) is 54.5 Å². The molecular formula is C22H23N3O2. The normalized spacial score (nSPS) is 10.4. The predicted molar refractivity (Wildman–Crippen MR) is 108 cm³/mol. The van der Waals surface area contributed by atoms with E-state index < -0.39 is 0 Å². The second-order valence-corrected chi connectivity index (χ2v) is 6.06. The van der Waals surface area contributed by atoms with E-state index in [9.17, 15) is 4.79 Å². The summed E-state index contributed by atoms with van der Waals surface area (Å²) in [4.78, 5) is 19.3. The molecule has 0 bridgehead atoms. The number of carbonyl (C=O) groups excluding carboxylic acids is 1. The Balaban J connectivity index is 1.80. The molecule has 3 rings (SSSR count). The average Bonchev–Trinajstić information content (AvgIpc) is 2.74. The van der Waals surface area contributed by atoms with Crippen LogP contribution in [-0.2, 0) is 11.3 Å². The lowest BCUT2D eigenvalue weighted by Crippen LogP contribution is -2.30. The van der Waals surface area contributed by atoms with Crippen LogP contribution < -0.4 is 10.2 Å². The molecular weight excluding hydrogens is 338 g/mol.